The van der Waals surface area contributed by atoms with Gasteiger partial charge in [0.25, 0.3) is 0 Å². The first-order valence-electron chi connectivity index (χ1n) is 6.09. The maximum Gasteiger partial charge on any atom is 0.131 e. The van der Waals surface area contributed by atoms with E-state index in [9.17, 15) is 4.79 Å². The second-order valence-corrected chi connectivity index (χ2v) is 5.34. The van der Waals surface area contributed by atoms with Crippen LogP contribution in [0.4, 0.5) is 0 Å². The Kier molecular flexibility index (Phi) is 3.71. The maximum absolute atomic E-state index is 11.1. The molecule has 1 heterocycles. The maximum atomic E-state index is 11.1. The average Bonchev–Trinajstić information content (AvgIpc) is 2.64. The highest BCUT2D eigenvalue weighted by Gasteiger charge is 2.15. The molecule has 0 aliphatic carbocycles. The molecule has 0 saturated carbocycles. The predicted octanol–water partition coefficient (Wildman–Crippen LogP) is 3.62. The number of ketones is 1. The number of aryl methyl sites for hydroxylation is 2. The fourth-order valence-electron chi connectivity index (χ4n) is 2.07. The van der Waals surface area contributed by atoms with Crippen LogP contribution in [0, 0.1) is 6.92 Å². The Bertz CT molecular complexity index is 587. The van der Waals surface area contributed by atoms with Crippen LogP contribution < -0.4 is 0 Å². The third kappa shape index (κ3) is 2.56. The number of alkyl halides is 1. The van der Waals surface area contributed by atoms with Gasteiger partial charge in [-0.15, -0.1) is 11.6 Å². The summed E-state index contributed by atoms with van der Waals surface area (Å²) in [6.45, 7) is 6.19. The summed E-state index contributed by atoms with van der Waals surface area (Å²) in [7, 11) is 0. The number of hydrogen-bond donors (Lipinski definition) is 0. The van der Waals surface area contributed by atoms with Crippen LogP contribution in [0.3, 0.4) is 0 Å². The van der Waals surface area contributed by atoms with Gasteiger partial charge in [0.1, 0.15) is 11.6 Å². The minimum atomic E-state index is -0.162. The first-order valence-corrected chi connectivity index (χ1v) is 6.53. The van der Waals surface area contributed by atoms with Crippen LogP contribution in [0.25, 0.3) is 11.0 Å². The zero-order valence-corrected chi connectivity index (χ0v) is 11.7. The normalized spacial score (nSPS) is 12.9. The molecule has 0 amide bonds. The van der Waals surface area contributed by atoms with Crippen molar-refractivity contribution in [3.05, 3.63) is 29.6 Å². The molecule has 3 nitrogen and oxygen atoms in total. The summed E-state index contributed by atoms with van der Waals surface area (Å²) >= 11 is 6.17. The second-order valence-electron chi connectivity index (χ2n) is 4.68. The summed E-state index contributed by atoms with van der Waals surface area (Å²) in [4.78, 5) is 15.7. The molecule has 0 radical (unpaired) electrons. The Balaban J connectivity index is 2.52. The summed E-state index contributed by atoms with van der Waals surface area (Å²) in [6.07, 6.45) is 0.510. The topological polar surface area (TPSA) is 34.9 Å². The van der Waals surface area contributed by atoms with Crippen LogP contribution >= 0.6 is 11.6 Å². The van der Waals surface area contributed by atoms with E-state index in [1.807, 2.05) is 30.5 Å². The zero-order valence-electron chi connectivity index (χ0n) is 10.9. The van der Waals surface area contributed by atoms with Crippen molar-refractivity contribution in [1.82, 2.24) is 9.55 Å². The molecule has 1 atom stereocenters. The summed E-state index contributed by atoms with van der Waals surface area (Å²) < 4.78 is 2.05. The molecule has 0 saturated heterocycles. The van der Waals surface area contributed by atoms with Crippen molar-refractivity contribution in [1.29, 1.82) is 0 Å². The largest absolute Gasteiger partial charge is 0.326 e. The van der Waals surface area contributed by atoms with E-state index in [0.717, 1.165) is 16.9 Å². The summed E-state index contributed by atoms with van der Waals surface area (Å²) in [5.41, 5.74) is 3.16. The molecule has 1 unspecified atom stereocenters. The lowest BCUT2D eigenvalue weighted by atomic mass is 10.2. The van der Waals surface area contributed by atoms with E-state index in [4.69, 9.17) is 11.6 Å². The number of rotatable bonds is 4. The number of halogens is 1. The van der Waals surface area contributed by atoms with Gasteiger partial charge in [0, 0.05) is 13.0 Å². The quantitative estimate of drug-likeness (QED) is 0.791. The molecule has 0 N–H and O–H groups in total. The highest BCUT2D eigenvalue weighted by atomic mass is 35.5. The van der Waals surface area contributed by atoms with Gasteiger partial charge in [-0.1, -0.05) is 6.07 Å². The Labute approximate surface area is 112 Å². The van der Waals surface area contributed by atoms with Crippen molar-refractivity contribution in [2.75, 3.05) is 0 Å². The van der Waals surface area contributed by atoms with Crippen molar-refractivity contribution >= 4 is 28.4 Å². The fourth-order valence-corrected chi connectivity index (χ4v) is 2.23. The minimum absolute atomic E-state index is 0.162. The lowest BCUT2D eigenvalue weighted by Gasteiger charge is -2.09. The predicted molar refractivity (Wildman–Crippen MR) is 74.0 cm³/mol. The van der Waals surface area contributed by atoms with Gasteiger partial charge >= 0.3 is 0 Å². The van der Waals surface area contributed by atoms with E-state index in [1.54, 1.807) is 6.92 Å². The molecule has 2 aromatic rings. The lowest BCUT2D eigenvalue weighted by Crippen LogP contribution is -2.07. The van der Waals surface area contributed by atoms with Crippen LogP contribution in [-0.4, -0.2) is 15.3 Å². The van der Waals surface area contributed by atoms with Crippen molar-refractivity contribution in [2.24, 2.45) is 0 Å². The molecule has 18 heavy (non-hydrogen) atoms. The van der Waals surface area contributed by atoms with Gasteiger partial charge in [-0.25, -0.2) is 4.98 Å². The van der Waals surface area contributed by atoms with E-state index in [1.165, 1.54) is 5.56 Å². The second kappa shape index (κ2) is 5.11. The van der Waals surface area contributed by atoms with Crippen LogP contribution in [0.5, 0.6) is 0 Å². The average molecular weight is 265 g/mol. The number of benzene rings is 1. The molecule has 0 fully saturated rings. The van der Waals surface area contributed by atoms with Gasteiger partial charge in [0.05, 0.1) is 16.4 Å². The van der Waals surface area contributed by atoms with Crippen LogP contribution in [0.2, 0.25) is 0 Å². The number of fused-ring (bicyclic) bond motifs is 1. The number of hydrogen-bond acceptors (Lipinski definition) is 2. The molecule has 2 rings (SSSR count). The highest BCUT2D eigenvalue weighted by Crippen LogP contribution is 2.25. The third-order valence-corrected chi connectivity index (χ3v) is 3.17. The smallest absolute Gasteiger partial charge is 0.131 e. The number of aromatic nitrogens is 2. The van der Waals surface area contributed by atoms with E-state index in [2.05, 4.69) is 11.1 Å². The molecular formula is C14H17ClN2O. The standard InChI is InChI=1S/C14H17ClN2O/c1-9-4-5-13-12(8-9)16-14(11(3)15)17(13)7-6-10(2)18/h4-5,8,11H,6-7H2,1-3H3. The number of nitrogens with zero attached hydrogens (tertiary/aromatic N) is 2. The Hall–Kier alpha value is -1.35. The molecule has 0 aliphatic heterocycles. The van der Waals surface area contributed by atoms with Gasteiger partial charge in [0.15, 0.2) is 0 Å². The fraction of sp³-hybridized carbons (Fsp3) is 0.429. The number of imidazole rings is 1. The van der Waals surface area contributed by atoms with Gasteiger partial charge in [-0.3, -0.25) is 4.79 Å². The summed E-state index contributed by atoms with van der Waals surface area (Å²) in [5, 5.41) is -0.162. The SMILES string of the molecule is CC(=O)CCn1c(C(C)Cl)nc2cc(C)ccc21. The number of carbonyl (C=O) groups excluding carboxylic acids is 1. The van der Waals surface area contributed by atoms with E-state index < -0.39 is 0 Å². The lowest BCUT2D eigenvalue weighted by molar-refractivity contribution is -0.117. The van der Waals surface area contributed by atoms with E-state index >= 15 is 0 Å². The monoisotopic (exact) mass is 264 g/mol. The number of Topliss-reactive ketones (excluding diaryl/α,β-unsaturated/α-hetero) is 1. The van der Waals surface area contributed by atoms with Crippen LogP contribution in [-0.2, 0) is 11.3 Å². The number of carbonyl (C=O) groups is 1. The van der Waals surface area contributed by atoms with Gasteiger partial charge < -0.3 is 4.57 Å². The first kappa shape index (κ1) is 13.1. The van der Waals surface area contributed by atoms with Crippen LogP contribution in [0.15, 0.2) is 18.2 Å². The first-order chi connectivity index (χ1) is 8.49. The van der Waals surface area contributed by atoms with Crippen molar-refractivity contribution in [2.45, 2.75) is 39.1 Å². The molecule has 96 valence electrons. The summed E-state index contributed by atoms with van der Waals surface area (Å²) in [5.74, 6) is 1.01. The zero-order chi connectivity index (χ0) is 13.3. The molecule has 0 aliphatic rings. The van der Waals surface area contributed by atoms with Gasteiger partial charge in [-0.2, -0.15) is 0 Å². The molecule has 0 spiro atoms. The Morgan fingerprint density at radius 3 is 2.83 bits per heavy atom. The molecular weight excluding hydrogens is 248 g/mol. The van der Waals surface area contributed by atoms with Gasteiger partial charge in [-0.05, 0) is 38.5 Å². The molecule has 4 heteroatoms. The Morgan fingerprint density at radius 1 is 1.50 bits per heavy atom. The summed E-state index contributed by atoms with van der Waals surface area (Å²) in [6, 6.07) is 6.14. The highest BCUT2D eigenvalue weighted by molar-refractivity contribution is 6.20. The third-order valence-electron chi connectivity index (χ3n) is 2.98. The molecule has 1 aromatic heterocycles. The van der Waals surface area contributed by atoms with Gasteiger partial charge in [0.2, 0.25) is 0 Å². The van der Waals surface area contributed by atoms with Crippen LogP contribution in [0.1, 0.15) is 37.0 Å². The van der Waals surface area contributed by atoms with Crippen molar-refractivity contribution < 1.29 is 4.79 Å². The molecule has 1 aromatic carbocycles. The Morgan fingerprint density at radius 2 is 2.22 bits per heavy atom. The van der Waals surface area contributed by atoms with Crippen molar-refractivity contribution in [3.8, 4) is 0 Å². The van der Waals surface area contributed by atoms with E-state index in [-0.39, 0.29) is 11.2 Å². The van der Waals surface area contributed by atoms with E-state index in [0.29, 0.717) is 13.0 Å². The molecule has 0 bridgehead atoms. The van der Waals surface area contributed by atoms with Crippen molar-refractivity contribution in [3.63, 3.8) is 0 Å². The minimum Gasteiger partial charge on any atom is -0.326 e.